The first-order valence-corrected chi connectivity index (χ1v) is 6.62. The SMILES string of the molecule is NCc1c(Cl)cccc1N1CCc2ccc(F)cc21. The third kappa shape index (κ3) is 2.09. The molecule has 0 radical (unpaired) electrons. The van der Waals surface area contributed by atoms with Crippen LogP contribution in [0.15, 0.2) is 36.4 Å². The molecule has 2 aromatic carbocycles. The maximum absolute atomic E-state index is 13.4. The van der Waals surface area contributed by atoms with Crippen LogP contribution in [-0.4, -0.2) is 6.54 Å². The second kappa shape index (κ2) is 4.83. The summed E-state index contributed by atoms with van der Waals surface area (Å²) in [5.41, 5.74) is 9.73. The fourth-order valence-corrected chi connectivity index (χ4v) is 2.85. The van der Waals surface area contributed by atoms with Crippen LogP contribution in [0.3, 0.4) is 0 Å². The molecular weight excluding hydrogens is 263 g/mol. The summed E-state index contributed by atoms with van der Waals surface area (Å²) in [5, 5.41) is 0.657. The van der Waals surface area contributed by atoms with Crippen LogP contribution < -0.4 is 10.6 Å². The van der Waals surface area contributed by atoms with E-state index in [9.17, 15) is 4.39 Å². The highest BCUT2D eigenvalue weighted by molar-refractivity contribution is 6.31. The van der Waals surface area contributed by atoms with Crippen molar-refractivity contribution in [2.45, 2.75) is 13.0 Å². The number of hydrogen-bond donors (Lipinski definition) is 1. The molecule has 0 atom stereocenters. The molecule has 19 heavy (non-hydrogen) atoms. The minimum absolute atomic E-state index is 0.220. The van der Waals surface area contributed by atoms with Gasteiger partial charge in [0.05, 0.1) is 0 Å². The highest BCUT2D eigenvalue weighted by atomic mass is 35.5. The molecule has 0 unspecified atom stereocenters. The molecule has 0 fully saturated rings. The number of nitrogens with zero attached hydrogens (tertiary/aromatic N) is 1. The van der Waals surface area contributed by atoms with E-state index in [1.165, 1.54) is 6.07 Å². The van der Waals surface area contributed by atoms with E-state index in [2.05, 4.69) is 4.90 Å². The van der Waals surface area contributed by atoms with Crippen molar-refractivity contribution in [1.29, 1.82) is 0 Å². The monoisotopic (exact) mass is 276 g/mol. The number of anilines is 2. The van der Waals surface area contributed by atoms with Crippen molar-refractivity contribution in [1.82, 2.24) is 0 Å². The average molecular weight is 277 g/mol. The van der Waals surface area contributed by atoms with Gasteiger partial charge in [-0.25, -0.2) is 4.39 Å². The third-order valence-corrected chi connectivity index (χ3v) is 3.89. The molecule has 1 heterocycles. The standard InChI is InChI=1S/C15H14ClFN2/c16-13-2-1-3-14(12(13)9-18)19-7-6-10-4-5-11(17)8-15(10)19/h1-5,8H,6-7,9,18H2. The second-order valence-corrected chi connectivity index (χ2v) is 5.02. The highest BCUT2D eigenvalue weighted by Crippen LogP contribution is 2.38. The Morgan fingerprint density at radius 3 is 2.84 bits per heavy atom. The van der Waals surface area contributed by atoms with Gasteiger partial charge in [0, 0.05) is 35.1 Å². The molecule has 4 heteroatoms. The van der Waals surface area contributed by atoms with E-state index >= 15 is 0 Å². The second-order valence-electron chi connectivity index (χ2n) is 4.62. The summed E-state index contributed by atoms with van der Waals surface area (Å²) < 4.78 is 13.4. The van der Waals surface area contributed by atoms with Gasteiger partial charge in [-0.05, 0) is 36.2 Å². The van der Waals surface area contributed by atoms with E-state index in [4.69, 9.17) is 17.3 Å². The van der Waals surface area contributed by atoms with Crippen molar-refractivity contribution >= 4 is 23.0 Å². The summed E-state index contributed by atoms with van der Waals surface area (Å²) >= 11 is 6.19. The fraction of sp³-hybridized carbons (Fsp3) is 0.200. The minimum atomic E-state index is -0.220. The quantitative estimate of drug-likeness (QED) is 0.907. The van der Waals surface area contributed by atoms with Crippen molar-refractivity contribution < 1.29 is 4.39 Å². The molecule has 1 aliphatic heterocycles. The van der Waals surface area contributed by atoms with Crippen LogP contribution in [0.1, 0.15) is 11.1 Å². The summed E-state index contributed by atoms with van der Waals surface area (Å²) in [7, 11) is 0. The molecule has 0 amide bonds. The zero-order chi connectivity index (χ0) is 13.4. The van der Waals surface area contributed by atoms with Gasteiger partial charge < -0.3 is 10.6 Å². The molecule has 0 spiro atoms. The molecule has 0 aliphatic carbocycles. The number of benzene rings is 2. The summed E-state index contributed by atoms with van der Waals surface area (Å²) in [6.45, 7) is 1.20. The van der Waals surface area contributed by atoms with Crippen LogP contribution in [0.2, 0.25) is 5.02 Å². The molecule has 2 nitrogen and oxygen atoms in total. The molecule has 1 aliphatic rings. The summed E-state index contributed by atoms with van der Waals surface area (Å²) in [6, 6.07) is 10.6. The minimum Gasteiger partial charge on any atom is -0.341 e. The Balaban J connectivity index is 2.11. The van der Waals surface area contributed by atoms with E-state index in [0.29, 0.717) is 11.6 Å². The van der Waals surface area contributed by atoms with Gasteiger partial charge in [-0.1, -0.05) is 23.7 Å². The smallest absolute Gasteiger partial charge is 0.125 e. The van der Waals surface area contributed by atoms with Crippen LogP contribution in [0.25, 0.3) is 0 Å². The van der Waals surface area contributed by atoms with E-state index < -0.39 is 0 Å². The zero-order valence-electron chi connectivity index (χ0n) is 10.4. The average Bonchev–Trinajstić information content (AvgIpc) is 2.81. The molecular formula is C15H14ClFN2. The van der Waals surface area contributed by atoms with Crippen molar-refractivity contribution in [3.05, 3.63) is 58.4 Å². The Hall–Kier alpha value is -1.58. The number of hydrogen-bond acceptors (Lipinski definition) is 2. The van der Waals surface area contributed by atoms with Gasteiger partial charge in [-0.15, -0.1) is 0 Å². The molecule has 2 N–H and O–H groups in total. The lowest BCUT2D eigenvalue weighted by molar-refractivity contribution is 0.628. The van der Waals surface area contributed by atoms with Gasteiger partial charge >= 0.3 is 0 Å². The Kier molecular flexibility index (Phi) is 3.17. The molecule has 0 saturated heterocycles. The van der Waals surface area contributed by atoms with Gasteiger partial charge in [0.1, 0.15) is 5.82 Å². The molecule has 3 rings (SSSR count). The van der Waals surface area contributed by atoms with E-state index in [-0.39, 0.29) is 5.82 Å². The van der Waals surface area contributed by atoms with Crippen molar-refractivity contribution in [3.63, 3.8) is 0 Å². The molecule has 0 saturated carbocycles. The van der Waals surface area contributed by atoms with Gasteiger partial charge in [-0.2, -0.15) is 0 Å². The number of fused-ring (bicyclic) bond motifs is 1. The largest absolute Gasteiger partial charge is 0.341 e. The number of rotatable bonds is 2. The maximum Gasteiger partial charge on any atom is 0.125 e. The zero-order valence-corrected chi connectivity index (χ0v) is 11.1. The molecule has 98 valence electrons. The summed E-state index contributed by atoms with van der Waals surface area (Å²) in [5.74, 6) is -0.220. The maximum atomic E-state index is 13.4. The number of nitrogens with two attached hydrogens (primary N) is 1. The van der Waals surface area contributed by atoms with Crippen molar-refractivity contribution in [3.8, 4) is 0 Å². The lowest BCUT2D eigenvalue weighted by atomic mass is 10.1. The fourth-order valence-electron chi connectivity index (χ4n) is 2.60. The molecule has 0 aromatic heterocycles. The third-order valence-electron chi connectivity index (χ3n) is 3.53. The highest BCUT2D eigenvalue weighted by Gasteiger charge is 2.23. The van der Waals surface area contributed by atoms with Crippen LogP contribution in [-0.2, 0) is 13.0 Å². The summed E-state index contributed by atoms with van der Waals surface area (Å²) in [6.07, 6.45) is 0.909. The first-order valence-electron chi connectivity index (χ1n) is 6.24. The Bertz CT molecular complexity index is 628. The van der Waals surface area contributed by atoms with Crippen LogP contribution in [0.5, 0.6) is 0 Å². The van der Waals surface area contributed by atoms with Crippen LogP contribution >= 0.6 is 11.6 Å². The van der Waals surface area contributed by atoms with Gasteiger partial charge in [0.15, 0.2) is 0 Å². The normalized spacial score (nSPS) is 13.7. The lowest BCUT2D eigenvalue weighted by Crippen LogP contribution is -2.16. The van der Waals surface area contributed by atoms with Crippen molar-refractivity contribution in [2.24, 2.45) is 5.73 Å². The Labute approximate surface area is 116 Å². The van der Waals surface area contributed by atoms with Gasteiger partial charge in [0.25, 0.3) is 0 Å². The predicted octanol–water partition coefficient (Wildman–Crippen LogP) is 3.63. The van der Waals surface area contributed by atoms with Crippen molar-refractivity contribution in [2.75, 3.05) is 11.4 Å². The predicted molar refractivity (Wildman–Crippen MR) is 76.5 cm³/mol. The van der Waals surface area contributed by atoms with E-state index in [1.54, 1.807) is 6.07 Å². The Morgan fingerprint density at radius 1 is 1.21 bits per heavy atom. The van der Waals surface area contributed by atoms with E-state index in [1.807, 2.05) is 24.3 Å². The van der Waals surface area contributed by atoms with Gasteiger partial charge in [-0.3, -0.25) is 0 Å². The summed E-state index contributed by atoms with van der Waals surface area (Å²) in [4.78, 5) is 2.09. The first-order chi connectivity index (χ1) is 9.20. The topological polar surface area (TPSA) is 29.3 Å². The van der Waals surface area contributed by atoms with Gasteiger partial charge in [0.2, 0.25) is 0 Å². The van der Waals surface area contributed by atoms with E-state index in [0.717, 1.165) is 35.5 Å². The van der Waals surface area contributed by atoms with Crippen LogP contribution in [0, 0.1) is 5.82 Å². The molecule has 0 bridgehead atoms. The number of halogens is 2. The lowest BCUT2D eigenvalue weighted by Gasteiger charge is -2.23. The first kappa shape index (κ1) is 12.5. The molecule has 2 aromatic rings. The van der Waals surface area contributed by atoms with Crippen LogP contribution in [0.4, 0.5) is 15.8 Å². The Morgan fingerprint density at radius 2 is 2.05 bits per heavy atom.